The highest BCUT2D eigenvalue weighted by molar-refractivity contribution is 5.75. The van der Waals surface area contributed by atoms with Crippen LogP contribution < -0.4 is 11.5 Å². The van der Waals surface area contributed by atoms with Crippen LogP contribution in [0.25, 0.3) is 0 Å². The van der Waals surface area contributed by atoms with Crippen molar-refractivity contribution in [2.75, 3.05) is 6.73 Å². The molecule has 1 atom stereocenters. The fourth-order valence-corrected chi connectivity index (χ4v) is 0.544. The van der Waals surface area contributed by atoms with E-state index in [1.807, 2.05) is 0 Å². The number of nitrogens with two attached hydrogens (primary N) is 2. The van der Waals surface area contributed by atoms with E-state index in [4.69, 9.17) is 21.3 Å². The summed E-state index contributed by atoms with van der Waals surface area (Å²) in [6.07, 6.45) is -0.439. The predicted octanol–water partition coefficient (Wildman–Crippen LogP) is -0.903. The van der Waals surface area contributed by atoms with Crippen molar-refractivity contribution in [1.29, 1.82) is 0 Å². The Balaban J connectivity index is 3.50. The minimum absolute atomic E-state index is 0.00319. The van der Waals surface area contributed by atoms with Gasteiger partial charge in [0.1, 0.15) is 6.73 Å². The Hall–Kier alpha value is -1.30. The van der Waals surface area contributed by atoms with Crippen LogP contribution in [0.15, 0.2) is 4.99 Å². The number of guanidine groups is 1. The molecule has 70 valence electrons. The summed E-state index contributed by atoms with van der Waals surface area (Å²) in [5.41, 5.74) is 10.0. The van der Waals surface area contributed by atoms with E-state index in [0.29, 0.717) is 0 Å². The normalized spacial score (nSPS) is 12.1. The van der Waals surface area contributed by atoms with Gasteiger partial charge in [0, 0.05) is 0 Å². The molecule has 0 aliphatic rings. The van der Waals surface area contributed by atoms with Gasteiger partial charge in [0.15, 0.2) is 5.96 Å². The van der Waals surface area contributed by atoms with E-state index in [-0.39, 0.29) is 25.2 Å². The van der Waals surface area contributed by atoms with Gasteiger partial charge in [-0.15, -0.1) is 0 Å². The zero-order valence-corrected chi connectivity index (χ0v) is 6.86. The first-order chi connectivity index (χ1) is 5.52. The van der Waals surface area contributed by atoms with E-state index in [2.05, 4.69) is 4.99 Å². The molecular weight excluding hydrogens is 162 g/mol. The van der Waals surface area contributed by atoms with Gasteiger partial charge in [0.25, 0.3) is 0 Å². The number of hydrogen-bond donors (Lipinski definition) is 3. The molecule has 0 heterocycles. The van der Waals surface area contributed by atoms with E-state index in [9.17, 15) is 4.79 Å². The van der Waals surface area contributed by atoms with Gasteiger partial charge in [-0.25, -0.2) is 4.99 Å². The third-order valence-electron chi connectivity index (χ3n) is 1.07. The Morgan fingerprint density at radius 1 is 1.67 bits per heavy atom. The molecule has 0 fully saturated rings. The first-order valence-corrected chi connectivity index (χ1v) is 3.41. The third kappa shape index (κ3) is 6.81. The summed E-state index contributed by atoms with van der Waals surface area (Å²) in [7, 11) is 0. The van der Waals surface area contributed by atoms with Gasteiger partial charge in [0.2, 0.25) is 0 Å². The highest BCUT2D eigenvalue weighted by Crippen LogP contribution is 1.96. The molecule has 0 bridgehead atoms. The molecule has 6 heteroatoms. The van der Waals surface area contributed by atoms with Crippen molar-refractivity contribution in [3.05, 3.63) is 0 Å². The maximum absolute atomic E-state index is 10.1. The van der Waals surface area contributed by atoms with Crippen LogP contribution in [0.3, 0.4) is 0 Å². The molecule has 0 amide bonds. The number of hydrogen-bond acceptors (Lipinski definition) is 3. The van der Waals surface area contributed by atoms with Crippen LogP contribution in [-0.4, -0.2) is 29.9 Å². The zero-order valence-electron chi connectivity index (χ0n) is 6.86. The Labute approximate surface area is 70.2 Å². The molecule has 0 aliphatic carbocycles. The minimum Gasteiger partial charge on any atom is -0.481 e. The van der Waals surface area contributed by atoms with Gasteiger partial charge in [0.05, 0.1) is 12.5 Å². The quantitative estimate of drug-likeness (QED) is 0.370. The monoisotopic (exact) mass is 175 g/mol. The molecule has 0 rings (SSSR count). The number of carboxylic acids is 1. The second-order valence-corrected chi connectivity index (χ2v) is 2.29. The summed E-state index contributed by atoms with van der Waals surface area (Å²) in [5.74, 6) is -0.982. The lowest BCUT2D eigenvalue weighted by atomic mass is 10.3. The summed E-state index contributed by atoms with van der Waals surface area (Å²) < 4.78 is 4.94. The molecule has 0 spiro atoms. The smallest absolute Gasteiger partial charge is 0.305 e. The molecule has 0 aliphatic heterocycles. The number of nitrogens with zero attached hydrogens (tertiary/aromatic N) is 1. The van der Waals surface area contributed by atoms with Gasteiger partial charge in [-0.2, -0.15) is 0 Å². The summed E-state index contributed by atoms with van der Waals surface area (Å²) in [4.78, 5) is 13.7. The topological polar surface area (TPSA) is 111 Å². The van der Waals surface area contributed by atoms with Crippen LogP contribution in [-0.2, 0) is 9.53 Å². The maximum atomic E-state index is 10.1. The molecular formula is C6H13N3O3. The summed E-state index contributed by atoms with van der Waals surface area (Å²) in [5, 5.41) is 8.33. The molecule has 0 saturated carbocycles. The van der Waals surface area contributed by atoms with Crippen LogP contribution in [0.5, 0.6) is 0 Å². The Morgan fingerprint density at radius 3 is 2.67 bits per heavy atom. The van der Waals surface area contributed by atoms with Gasteiger partial charge in [-0.05, 0) is 6.92 Å². The van der Waals surface area contributed by atoms with Crippen molar-refractivity contribution >= 4 is 11.9 Å². The van der Waals surface area contributed by atoms with Crippen molar-refractivity contribution in [2.24, 2.45) is 16.5 Å². The van der Waals surface area contributed by atoms with Gasteiger partial charge >= 0.3 is 5.97 Å². The number of ether oxygens (including phenoxy) is 1. The van der Waals surface area contributed by atoms with Crippen LogP contribution in [0, 0.1) is 0 Å². The number of carbonyl (C=O) groups is 1. The fraction of sp³-hybridized carbons (Fsp3) is 0.667. The number of rotatable bonds is 5. The largest absolute Gasteiger partial charge is 0.481 e. The number of carboxylic acid groups (broad SMARTS) is 1. The van der Waals surface area contributed by atoms with E-state index >= 15 is 0 Å². The predicted molar refractivity (Wildman–Crippen MR) is 43.5 cm³/mol. The molecule has 0 aromatic rings. The Morgan fingerprint density at radius 2 is 2.25 bits per heavy atom. The number of aliphatic imine (C=N–C) groups is 1. The van der Waals surface area contributed by atoms with Crippen molar-refractivity contribution in [3.63, 3.8) is 0 Å². The van der Waals surface area contributed by atoms with Crippen LogP contribution in [0.4, 0.5) is 0 Å². The summed E-state index contributed by atoms with van der Waals surface area (Å²) >= 11 is 0. The van der Waals surface area contributed by atoms with Crippen molar-refractivity contribution in [3.8, 4) is 0 Å². The lowest BCUT2D eigenvalue weighted by Gasteiger charge is -2.07. The molecule has 0 radical (unpaired) electrons. The highest BCUT2D eigenvalue weighted by atomic mass is 16.5. The standard InChI is InChI=1S/C6H13N3O3/c1-4(2-5(10)11)12-3-9-6(7)8/h4H,2-3H2,1H3,(H,10,11)(H4,7,8,9). The molecule has 0 aromatic heterocycles. The van der Waals surface area contributed by atoms with E-state index in [1.165, 1.54) is 0 Å². The second-order valence-electron chi connectivity index (χ2n) is 2.29. The lowest BCUT2D eigenvalue weighted by molar-refractivity contribution is -0.139. The van der Waals surface area contributed by atoms with Gasteiger partial charge in [-0.3, -0.25) is 4.79 Å². The lowest BCUT2D eigenvalue weighted by Crippen LogP contribution is -2.24. The first-order valence-electron chi connectivity index (χ1n) is 3.41. The van der Waals surface area contributed by atoms with Gasteiger partial charge in [-0.1, -0.05) is 0 Å². The molecule has 0 aromatic carbocycles. The fourth-order valence-electron chi connectivity index (χ4n) is 0.544. The van der Waals surface area contributed by atoms with Crippen LogP contribution >= 0.6 is 0 Å². The first kappa shape index (κ1) is 10.7. The average molecular weight is 175 g/mol. The SMILES string of the molecule is CC(CC(=O)O)OCN=C(N)N. The highest BCUT2D eigenvalue weighted by Gasteiger charge is 2.06. The van der Waals surface area contributed by atoms with Crippen molar-refractivity contribution in [1.82, 2.24) is 0 Å². The number of aliphatic carboxylic acids is 1. The van der Waals surface area contributed by atoms with E-state index < -0.39 is 5.97 Å². The van der Waals surface area contributed by atoms with Crippen molar-refractivity contribution < 1.29 is 14.6 Å². The maximum Gasteiger partial charge on any atom is 0.305 e. The van der Waals surface area contributed by atoms with Crippen molar-refractivity contribution in [2.45, 2.75) is 19.4 Å². The van der Waals surface area contributed by atoms with Crippen LogP contribution in [0.2, 0.25) is 0 Å². The summed E-state index contributed by atoms with van der Waals surface area (Å²) in [6, 6.07) is 0. The molecule has 1 unspecified atom stereocenters. The minimum atomic E-state index is -0.910. The third-order valence-corrected chi connectivity index (χ3v) is 1.07. The molecule has 12 heavy (non-hydrogen) atoms. The summed E-state index contributed by atoms with van der Waals surface area (Å²) in [6.45, 7) is 1.63. The Kier molecular flexibility index (Phi) is 4.78. The average Bonchev–Trinajstić information content (AvgIpc) is 1.84. The zero-order chi connectivity index (χ0) is 9.56. The van der Waals surface area contributed by atoms with Gasteiger partial charge < -0.3 is 21.3 Å². The van der Waals surface area contributed by atoms with E-state index in [1.54, 1.807) is 6.92 Å². The Bertz CT molecular complexity index is 177. The van der Waals surface area contributed by atoms with Crippen LogP contribution in [0.1, 0.15) is 13.3 Å². The molecule has 5 N–H and O–H groups in total. The molecule has 0 saturated heterocycles. The van der Waals surface area contributed by atoms with E-state index in [0.717, 1.165) is 0 Å². The molecule has 6 nitrogen and oxygen atoms in total. The second kappa shape index (κ2) is 5.36.